The van der Waals surface area contributed by atoms with Gasteiger partial charge in [0.2, 0.25) is 15.9 Å². The molecular weight excluding hydrogens is 396 g/mol. The Morgan fingerprint density at radius 3 is 2.61 bits per heavy atom. The summed E-state index contributed by atoms with van der Waals surface area (Å²) in [4.78, 5) is 12.8. The lowest BCUT2D eigenvalue weighted by Crippen LogP contribution is -2.44. The van der Waals surface area contributed by atoms with E-state index in [1.54, 1.807) is 24.3 Å². The van der Waals surface area contributed by atoms with E-state index in [0.717, 1.165) is 16.8 Å². The van der Waals surface area contributed by atoms with Crippen LogP contribution in [0.5, 0.6) is 0 Å². The first-order valence-corrected chi connectivity index (χ1v) is 11.3. The van der Waals surface area contributed by atoms with Gasteiger partial charge < -0.3 is 5.32 Å². The topological polar surface area (TPSA) is 66.5 Å². The van der Waals surface area contributed by atoms with Crippen LogP contribution in [0.3, 0.4) is 0 Å². The molecule has 0 aromatic heterocycles. The van der Waals surface area contributed by atoms with Gasteiger partial charge in [-0.25, -0.2) is 12.7 Å². The Kier molecular flexibility index (Phi) is 6.43. The van der Waals surface area contributed by atoms with Gasteiger partial charge in [-0.3, -0.25) is 4.79 Å². The van der Waals surface area contributed by atoms with Crippen LogP contribution in [0.15, 0.2) is 42.5 Å². The van der Waals surface area contributed by atoms with E-state index in [1.807, 2.05) is 32.0 Å². The van der Waals surface area contributed by atoms with Gasteiger partial charge in [0.25, 0.3) is 0 Å². The van der Waals surface area contributed by atoms with E-state index in [4.69, 9.17) is 11.6 Å². The number of hydrogen-bond donors (Lipinski definition) is 1. The van der Waals surface area contributed by atoms with Gasteiger partial charge in [0.15, 0.2) is 0 Å². The molecule has 150 valence electrons. The Labute approximate surface area is 171 Å². The molecule has 0 bridgehead atoms. The van der Waals surface area contributed by atoms with Gasteiger partial charge in [-0.2, -0.15) is 0 Å². The molecule has 0 aliphatic carbocycles. The Morgan fingerprint density at radius 2 is 1.89 bits per heavy atom. The van der Waals surface area contributed by atoms with Crippen molar-refractivity contribution in [1.29, 1.82) is 0 Å². The first-order valence-electron chi connectivity index (χ1n) is 9.35. The smallest absolute Gasteiger partial charge is 0.228 e. The summed E-state index contributed by atoms with van der Waals surface area (Å²) in [6, 6.07) is 12.7. The van der Waals surface area contributed by atoms with Crippen molar-refractivity contribution in [3.8, 4) is 0 Å². The highest BCUT2D eigenvalue weighted by Crippen LogP contribution is 2.24. The van der Waals surface area contributed by atoms with Crippen molar-refractivity contribution in [1.82, 2.24) is 4.31 Å². The molecule has 2 aromatic carbocycles. The van der Waals surface area contributed by atoms with Gasteiger partial charge in [-0.05, 0) is 61.6 Å². The zero-order valence-corrected chi connectivity index (χ0v) is 17.7. The number of piperidine rings is 1. The average molecular weight is 421 g/mol. The number of carbonyl (C=O) groups is 1. The Bertz CT molecular complexity index is 958. The van der Waals surface area contributed by atoms with Crippen LogP contribution in [-0.4, -0.2) is 31.7 Å². The van der Waals surface area contributed by atoms with E-state index in [2.05, 4.69) is 5.32 Å². The van der Waals surface area contributed by atoms with Crippen LogP contribution in [-0.2, 0) is 20.6 Å². The molecule has 7 heteroatoms. The van der Waals surface area contributed by atoms with Crippen LogP contribution in [0.2, 0.25) is 5.02 Å². The molecule has 0 unspecified atom stereocenters. The third-order valence-corrected chi connectivity index (χ3v) is 7.13. The first kappa shape index (κ1) is 20.8. The number of sulfonamides is 1. The standard InChI is InChI=1S/C21H25ClN2O3S/c1-15-5-6-16(2)20(12-15)23-21(25)18-4-3-11-24(13-18)28(26,27)14-17-7-9-19(22)10-8-17/h5-10,12,18H,3-4,11,13-14H2,1-2H3,(H,23,25)/t18-/m0/s1. The van der Waals surface area contributed by atoms with Crippen molar-refractivity contribution in [2.75, 3.05) is 18.4 Å². The summed E-state index contributed by atoms with van der Waals surface area (Å²) in [7, 11) is -3.49. The van der Waals surface area contributed by atoms with E-state index in [1.165, 1.54) is 4.31 Å². The van der Waals surface area contributed by atoms with Gasteiger partial charge in [0.1, 0.15) is 0 Å². The summed E-state index contributed by atoms with van der Waals surface area (Å²) >= 11 is 5.87. The minimum Gasteiger partial charge on any atom is -0.326 e. The van der Waals surface area contributed by atoms with Crippen molar-refractivity contribution in [2.24, 2.45) is 5.92 Å². The largest absolute Gasteiger partial charge is 0.326 e. The Morgan fingerprint density at radius 1 is 1.18 bits per heavy atom. The third kappa shape index (κ3) is 5.13. The molecule has 1 saturated heterocycles. The SMILES string of the molecule is Cc1ccc(C)c(NC(=O)[C@H]2CCCN(S(=O)(=O)Cc3ccc(Cl)cc3)C2)c1. The fourth-order valence-electron chi connectivity index (χ4n) is 3.40. The number of aryl methyl sites for hydroxylation is 2. The number of hydrogen-bond acceptors (Lipinski definition) is 3. The quantitative estimate of drug-likeness (QED) is 0.790. The molecule has 2 aromatic rings. The summed E-state index contributed by atoms with van der Waals surface area (Å²) in [5, 5.41) is 3.55. The van der Waals surface area contributed by atoms with Crippen molar-refractivity contribution < 1.29 is 13.2 Å². The van der Waals surface area contributed by atoms with Crippen LogP contribution in [0.25, 0.3) is 0 Å². The van der Waals surface area contributed by atoms with Gasteiger partial charge in [0, 0.05) is 23.8 Å². The van der Waals surface area contributed by atoms with E-state index >= 15 is 0 Å². The van der Waals surface area contributed by atoms with Crippen LogP contribution < -0.4 is 5.32 Å². The van der Waals surface area contributed by atoms with Crippen LogP contribution in [0, 0.1) is 19.8 Å². The molecule has 3 rings (SSSR count). The number of nitrogens with one attached hydrogen (secondary N) is 1. The van der Waals surface area contributed by atoms with Gasteiger partial charge in [-0.15, -0.1) is 0 Å². The molecule has 1 aliphatic rings. The minimum absolute atomic E-state index is 0.0878. The van der Waals surface area contributed by atoms with Crippen LogP contribution in [0.1, 0.15) is 29.5 Å². The van der Waals surface area contributed by atoms with Crippen molar-refractivity contribution in [3.05, 3.63) is 64.2 Å². The lowest BCUT2D eigenvalue weighted by molar-refractivity contribution is -0.120. The van der Waals surface area contributed by atoms with E-state index in [9.17, 15) is 13.2 Å². The lowest BCUT2D eigenvalue weighted by Gasteiger charge is -2.31. The van der Waals surface area contributed by atoms with Crippen molar-refractivity contribution in [2.45, 2.75) is 32.4 Å². The average Bonchev–Trinajstić information content (AvgIpc) is 2.66. The maximum Gasteiger partial charge on any atom is 0.228 e. The number of amides is 1. The highest BCUT2D eigenvalue weighted by atomic mass is 35.5. The molecule has 1 heterocycles. The number of rotatable bonds is 5. The number of nitrogens with zero attached hydrogens (tertiary/aromatic N) is 1. The summed E-state index contributed by atoms with van der Waals surface area (Å²) < 4.78 is 27.1. The van der Waals surface area contributed by atoms with E-state index in [-0.39, 0.29) is 24.1 Å². The second-order valence-corrected chi connectivity index (χ2v) is 9.79. The molecule has 0 spiro atoms. The Hall–Kier alpha value is -1.89. The fraction of sp³-hybridized carbons (Fsp3) is 0.381. The van der Waals surface area contributed by atoms with Crippen LogP contribution in [0.4, 0.5) is 5.69 Å². The fourth-order valence-corrected chi connectivity index (χ4v) is 5.13. The number of carbonyl (C=O) groups excluding carboxylic acids is 1. The molecule has 1 amide bonds. The zero-order valence-electron chi connectivity index (χ0n) is 16.1. The molecule has 0 radical (unpaired) electrons. The van der Waals surface area contributed by atoms with Crippen LogP contribution >= 0.6 is 11.6 Å². The highest BCUT2D eigenvalue weighted by Gasteiger charge is 2.32. The number of halogens is 1. The molecule has 28 heavy (non-hydrogen) atoms. The first-order chi connectivity index (χ1) is 13.2. The Balaban J connectivity index is 1.68. The minimum atomic E-state index is -3.49. The second kappa shape index (κ2) is 8.64. The van der Waals surface area contributed by atoms with Gasteiger partial charge >= 0.3 is 0 Å². The summed E-state index contributed by atoms with van der Waals surface area (Å²) in [6.07, 6.45) is 1.36. The normalized spacial score (nSPS) is 18.0. The monoisotopic (exact) mass is 420 g/mol. The molecule has 0 saturated carbocycles. The number of anilines is 1. The maximum absolute atomic E-state index is 12.8. The second-order valence-electron chi connectivity index (χ2n) is 7.39. The molecule has 1 atom stereocenters. The molecule has 1 aliphatic heterocycles. The third-order valence-electron chi connectivity index (χ3n) is 5.06. The zero-order chi connectivity index (χ0) is 20.3. The lowest BCUT2D eigenvalue weighted by atomic mass is 9.98. The van der Waals surface area contributed by atoms with E-state index in [0.29, 0.717) is 30.0 Å². The maximum atomic E-state index is 12.8. The molecule has 1 N–H and O–H groups in total. The summed E-state index contributed by atoms with van der Waals surface area (Å²) in [5.74, 6) is -0.566. The van der Waals surface area contributed by atoms with Gasteiger partial charge in [0.05, 0.1) is 11.7 Å². The number of benzene rings is 2. The highest BCUT2D eigenvalue weighted by molar-refractivity contribution is 7.88. The van der Waals surface area contributed by atoms with Gasteiger partial charge in [-0.1, -0.05) is 35.9 Å². The predicted molar refractivity (Wildman–Crippen MR) is 113 cm³/mol. The molecular formula is C21H25ClN2O3S. The molecule has 5 nitrogen and oxygen atoms in total. The van der Waals surface area contributed by atoms with Crippen molar-refractivity contribution >= 4 is 33.2 Å². The van der Waals surface area contributed by atoms with Crippen molar-refractivity contribution in [3.63, 3.8) is 0 Å². The summed E-state index contributed by atoms with van der Waals surface area (Å²) in [6.45, 7) is 4.58. The summed E-state index contributed by atoms with van der Waals surface area (Å²) in [5.41, 5.74) is 3.52. The predicted octanol–water partition coefficient (Wildman–Crippen LogP) is 4.14. The van der Waals surface area contributed by atoms with E-state index < -0.39 is 10.0 Å². The molecule has 1 fully saturated rings.